The van der Waals surface area contributed by atoms with E-state index in [1.165, 1.54) is 18.3 Å². The standard InChI is InChI=1S/C13H14FN3O2/c1-13(2,3)17-7-9(12(18)19)11(16-17)10-5-4-8(14)6-15-10/h4-7H,1-3H3,(H,18,19). The van der Waals surface area contributed by atoms with E-state index in [4.69, 9.17) is 0 Å². The highest BCUT2D eigenvalue weighted by Gasteiger charge is 2.23. The molecule has 0 spiro atoms. The van der Waals surface area contributed by atoms with E-state index in [2.05, 4.69) is 10.1 Å². The third kappa shape index (κ3) is 2.62. The van der Waals surface area contributed by atoms with Crippen LogP contribution in [-0.4, -0.2) is 25.8 Å². The Hall–Kier alpha value is -2.24. The van der Waals surface area contributed by atoms with Crippen molar-refractivity contribution >= 4 is 5.97 Å². The number of carboxylic acid groups (broad SMARTS) is 1. The normalized spacial score (nSPS) is 11.6. The largest absolute Gasteiger partial charge is 0.478 e. The number of aromatic nitrogens is 3. The number of halogens is 1. The maximum atomic E-state index is 12.9. The average molecular weight is 263 g/mol. The van der Waals surface area contributed by atoms with E-state index in [1.807, 2.05) is 20.8 Å². The Kier molecular flexibility index (Phi) is 3.09. The van der Waals surface area contributed by atoms with Gasteiger partial charge < -0.3 is 5.11 Å². The van der Waals surface area contributed by atoms with Crippen LogP contribution in [0.15, 0.2) is 24.5 Å². The first-order valence-electron chi connectivity index (χ1n) is 5.74. The van der Waals surface area contributed by atoms with Crippen LogP contribution >= 0.6 is 0 Å². The van der Waals surface area contributed by atoms with E-state index in [-0.39, 0.29) is 16.8 Å². The van der Waals surface area contributed by atoms with Crippen molar-refractivity contribution < 1.29 is 14.3 Å². The van der Waals surface area contributed by atoms with Crippen LogP contribution in [0.5, 0.6) is 0 Å². The lowest BCUT2D eigenvalue weighted by molar-refractivity contribution is 0.0697. The summed E-state index contributed by atoms with van der Waals surface area (Å²) in [6, 6.07) is 2.64. The van der Waals surface area contributed by atoms with E-state index in [1.54, 1.807) is 4.68 Å². The van der Waals surface area contributed by atoms with Crippen LogP contribution in [0.25, 0.3) is 11.4 Å². The number of carbonyl (C=O) groups is 1. The second kappa shape index (κ2) is 4.46. The number of nitrogens with zero attached hydrogens (tertiary/aromatic N) is 3. The van der Waals surface area contributed by atoms with E-state index in [0.717, 1.165) is 6.20 Å². The number of carboxylic acids is 1. The van der Waals surface area contributed by atoms with Gasteiger partial charge in [0, 0.05) is 6.20 Å². The second-order valence-electron chi connectivity index (χ2n) is 5.17. The van der Waals surface area contributed by atoms with Crippen molar-refractivity contribution in [3.63, 3.8) is 0 Å². The highest BCUT2D eigenvalue weighted by molar-refractivity contribution is 5.94. The van der Waals surface area contributed by atoms with Crippen molar-refractivity contribution in [3.05, 3.63) is 35.9 Å². The maximum absolute atomic E-state index is 12.9. The van der Waals surface area contributed by atoms with Gasteiger partial charge in [0.05, 0.1) is 17.4 Å². The zero-order valence-electron chi connectivity index (χ0n) is 10.9. The van der Waals surface area contributed by atoms with Gasteiger partial charge in [0.2, 0.25) is 0 Å². The van der Waals surface area contributed by atoms with Crippen molar-refractivity contribution in [1.82, 2.24) is 14.8 Å². The molecule has 19 heavy (non-hydrogen) atoms. The number of hydrogen-bond acceptors (Lipinski definition) is 3. The molecule has 100 valence electrons. The van der Waals surface area contributed by atoms with Gasteiger partial charge >= 0.3 is 5.97 Å². The Morgan fingerprint density at radius 2 is 2.05 bits per heavy atom. The molecule has 0 saturated heterocycles. The molecule has 0 aliphatic carbocycles. The quantitative estimate of drug-likeness (QED) is 0.904. The van der Waals surface area contributed by atoms with Crippen LogP contribution in [0, 0.1) is 5.82 Å². The Balaban J connectivity index is 2.58. The summed E-state index contributed by atoms with van der Waals surface area (Å²) < 4.78 is 14.4. The molecule has 0 fully saturated rings. The molecule has 0 bridgehead atoms. The highest BCUT2D eigenvalue weighted by Crippen LogP contribution is 2.23. The molecular weight excluding hydrogens is 249 g/mol. The monoisotopic (exact) mass is 263 g/mol. The molecule has 0 atom stereocenters. The Morgan fingerprint density at radius 1 is 1.37 bits per heavy atom. The predicted molar refractivity (Wildman–Crippen MR) is 67.4 cm³/mol. The lowest BCUT2D eigenvalue weighted by Crippen LogP contribution is -2.22. The minimum atomic E-state index is -1.09. The smallest absolute Gasteiger partial charge is 0.339 e. The van der Waals surface area contributed by atoms with Gasteiger partial charge in [-0.1, -0.05) is 0 Å². The molecule has 0 aliphatic heterocycles. The van der Waals surface area contributed by atoms with E-state index >= 15 is 0 Å². The van der Waals surface area contributed by atoms with E-state index < -0.39 is 11.8 Å². The number of rotatable bonds is 2. The first-order valence-corrected chi connectivity index (χ1v) is 5.74. The van der Waals surface area contributed by atoms with Crippen LogP contribution in [0.1, 0.15) is 31.1 Å². The van der Waals surface area contributed by atoms with Crippen LogP contribution in [0.2, 0.25) is 0 Å². The van der Waals surface area contributed by atoms with Crippen molar-refractivity contribution in [2.75, 3.05) is 0 Å². The second-order valence-corrected chi connectivity index (χ2v) is 5.17. The summed E-state index contributed by atoms with van der Waals surface area (Å²) in [7, 11) is 0. The Morgan fingerprint density at radius 3 is 2.53 bits per heavy atom. The lowest BCUT2D eigenvalue weighted by atomic mass is 10.1. The van der Waals surface area contributed by atoms with Crippen molar-refractivity contribution in [1.29, 1.82) is 0 Å². The van der Waals surface area contributed by atoms with E-state index in [0.29, 0.717) is 5.69 Å². The van der Waals surface area contributed by atoms with Crippen LogP contribution in [-0.2, 0) is 5.54 Å². The molecule has 0 saturated carbocycles. The fourth-order valence-electron chi connectivity index (χ4n) is 1.58. The van der Waals surface area contributed by atoms with E-state index in [9.17, 15) is 14.3 Å². The van der Waals surface area contributed by atoms with Gasteiger partial charge in [-0.15, -0.1) is 0 Å². The van der Waals surface area contributed by atoms with Crippen molar-refractivity contribution in [2.24, 2.45) is 0 Å². The zero-order valence-corrected chi connectivity index (χ0v) is 10.9. The summed E-state index contributed by atoms with van der Waals surface area (Å²) in [6.45, 7) is 5.73. The molecule has 2 heterocycles. The molecule has 0 amide bonds. The summed E-state index contributed by atoms with van der Waals surface area (Å²) in [5.41, 5.74) is 0.279. The molecule has 2 aromatic heterocycles. The minimum absolute atomic E-state index is 0.0500. The maximum Gasteiger partial charge on any atom is 0.339 e. The third-order valence-corrected chi connectivity index (χ3v) is 2.60. The topological polar surface area (TPSA) is 68.0 Å². The Labute approximate surface area is 109 Å². The van der Waals surface area contributed by atoms with Crippen molar-refractivity contribution in [3.8, 4) is 11.4 Å². The fraction of sp³-hybridized carbons (Fsp3) is 0.308. The van der Waals surface area contributed by atoms with Crippen LogP contribution < -0.4 is 0 Å². The zero-order chi connectivity index (χ0) is 14.2. The molecule has 1 N–H and O–H groups in total. The summed E-state index contributed by atoms with van der Waals surface area (Å²) >= 11 is 0. The average Bonchev–Trinajstić information content (AvgIpc) is 2.74. The molecule has 0 aliphatic rings. The van der Waals surface area contributed by atoms with Gasteiger partial charge in [-0.05, 0) is 32.9 Å². The van der Waals surface area contributed by atoms with Crippen LogP contribution in [0.3, 0.4) is 0 Å². The van der Waals surface area contributed by atoms with Gasteiger partial charge in [-0.2, -0.15) is 5.10 Å². The van der Waals surface area contributed by atoms with Gasteiger partial charge in [0.1, 0.15) is 17.1 Å². The molecule has 5 nitrogen and oxygen atoms in total. The predicted octanol–water partition coefficient (Wildman–Crippen LogP) is 2.54. The first-order chi connectivity index (χ1) is 8.79. The number of aromatic carboxylic acids is 1. The molecule has 6 heteroatoms. The minimum Gasteiger partial charge on any atom is -0.478 e. The molecule has 0 radical (unpaired) electrons. The summed E-state index contributed by atoms with van der Waals surface area (Å²) in [6.07, 6.45) is 2.50. The number of pyridine rings is 1. The van der Waals surface area contributed by atoms with Gasteiger partial charge in [-0.25, -0.2) is 9.18 Å². The van der Waals surface area contributed by atoms with Crippen molar-refractivity contribution in [2.45, 2.75) is 26.3 Å². The molecule has 0 unspecified atom stereocenters. The SMILES string of the molecule is CC(C)(C)n1cc(C(=O)O)c(-c2ccc(F)cn2)n1. The first kappa shape index (κ1) is 13.2. The fourth-order valence-corrected chi connectivity index (χ4v) is 1.58. The van der Waals surface area contributed by atoms with Crippen LogP contribution in [0.4, 0.5) is 4.39 Å². The third-order valence-electron chi connectivity index (χ3n) is 2.60. The molecular formula is C13H14FN3O2. The van der Waals surface area contributed by atoms with Gasteiger partial charge in [0.15, 0.2) is 0 Å². The Bertz CT molecular complexity index is 612. The summed E-state index contributed by atoms with van der Waals surface area (Å²) in [5.74, 6) is -1.56. The molecule has 0 aromatic carbocycles. The lowest BCUT2D eigenvalue weighted by Gasteiger charge is -2.18. The summed E-state index contributed by atoms with van der Waals surface area (Å²) in [5, 5.41) is 13.5. The summed E-state index contributed by atoms with van der Waals surface area (Å²) in [4.78, 5) is 15.1. The number of hydrogen-bond donors (Lipinski definition) is 1. The highest BCUT2D eigenvalue weighted by atomic mass is 19.1. The van der Waals surface area contributed by atoms with Gasteiger partial charge in [0.25, 0.3) is 0 Å². The molecule has 2 rings (SSSR count). The molecule has 2 aromatic rings. The van der Waals surface area contributed by atoms with Gasteiger partial charge in [-0.3, -0.25) is 9.67 Å².